The fraction of sp³-hybridized carbons (Fsp3) is 0.333. The second kappa shape index (κ2) is 6.05. The van der Waals surface area contributed by atoms with E-state index in [1.54, 1.807) is 18.0 Å². The van der Waals surface area contributed by atoms with E-state index in [4.69, 9.17) is 0 Å². The molecule has 0 aromatic carbocycles. The van der Waals surface area contributed by atoms with Gasteiger partial charge in [0, 0.05) is 23.4 Å². The summed E-state index contributed by atoms with van der Waals surface area (Å²) in [5, 5.41) is 0.837. The van der Waals surface area contributed by atoms with Crippen molar-refractivity contribution in [2.75, 3.05) is 11.5 Å². The Balaban J connectivity index is 2.41. The number of hydrogen-bond acceptors (Lipinski definition) is 4. The van der Waals surface area contributed by atoms with Gasteiger partial charge in [0.2, 0.25) is 0 Å². The number of thioether (sulfide) groups is 1. The predicted molar refractivity (Wildman–Crippen MR) is 60.5 cm³/mol. The van der Waals surface area contributed by atoms with E-state index in [0.717, 1.165) is 22.4 Å². The number of nitrogens with zero attached hydrogens (tertiary/aromatic N) is 2. The van der Waals surface area contributed by atoms with Crippen molar-refractivity contribution >= 4 is 24.4 Å². The lowest BCUT2D eigenvalue weighted by Crippen LogP contribution is -1.88. The third-order valence-electron chi connectivity index (χ3n) is 1.35. The number of rotatable bonds is 4. The van der Waals surface area contributed by atoms with Crippen LogP contribution in [0.25, 0.3) is 0 Å². The van der Waals surface area contributed by atoms with Crippen LogP contribution in [0.5, 0.6) is 0 Å². The fourth-order valence-corrected chi connectivity index (χ4v) is 1.64. The first kappa shape index (κ1) is 10.6. The second-order valence-corrected chi connectivity index (χ2v) is 3.80. The number of hydrogen-bond donors (Lipinski definition) is 1. The highest BCUT2D eigenvalue weighted by Gasteiger charge is 1.94. The first-order valence-corrected chi connectivity index (χ1v) is 5.63. The highest BCUT2D eigenvalue weighted by atomic mass is 32.2. The van der Waals surface area contributed by atoms with Gasteiger partial charge in [0.25, 0.3) is 0 Å². The van der Waals surface area contributed by atoms with Crippen LogP contribution in [0.1, 0.15) is 5.69 Å². The lowest BCUT2D eigenvalue weighted by molar-refractivity contribution is 0.934. The molecule has 0 aliphatic heterocycles. The minimum atomic E-state index is 0.787. The van der Waals surface area contributed by atoms with Gasteiger partial charge in [-0.3, -0.25) is 0 Å². The smallest absolute Gasteiger partial charge is 0.188 e. The quantitative estimate of drug-likeness (QED) is 0.359. The summed E-state index contributed by atoms with van der Waals surface area (Å²) in [6, 6.07) is 1.90. The molecule has 0 radical (unpaired) electrons. The van der Waals surface area contributed by atoms with E-state index in [1.165, 1.54) is 0 Å². The molecule has 0 aliphatic rings. The van der Waals surface area contributed by atoms with Gasteiger partial charge >= 0.3 is 0 Å². The van der Waals surface area contributed by atoms with Crippen molar-refractivity contribution in [2.24, 2.45) is 0 Å². The summed E-state index contributed by atoms with van der Waals surface area (Å²) in [5.74, 6) is 1.69. The molecule has 0 aliphatic carbocycles. The number of aromatic nitrogens is 2. The third-order valence-corrected chi connectivity index (χ3v) is 2.38. The van der Waals surface area contributed by atoms with Crippen LogP contribution in [-0.2, 0) is 0 Å². The molecule has 0 spiro atoms. The zero-order valence-electron chi connectivity index (χ0n) is 7.47. The molecule has 70 valence electrons. The van der Waals surface area contributed by atoms with E-state index in [-0.39, 0.29) is 0 Å². The maximum atomic E-state index is 4.27. The molecule has 0 bridgehead atoms. The van der Waals surface area contributed by atoms with Crippen molar-refractivity contribution in [1.29, 1.82) is 0 Å². The van der Waals surface area contributed by atoms with Crippen LogP contribution < -0.4 is 0 Å². The lowest BCUT2D eigenvalue weighted by atomic mass is 10.5. The maximum Gasteiger partial charge on any atom is 0.188 e. The highest BCUT2D eigenvalue weighted by Crippen LogP contribution is 2.11. The van der Waals surface area contributed by atoms with Crippen molar-refractivity contribution in [3.63, 3.8) is 0 Å². The van der Waals surface area contributed by atoms with Crippen molar-refractivity contribution < 1.29 is 0 Å². The Hall–Kier alpha value is -0.480. The number of aryl methyl sites for hydroxylation is 1. The maximum absolute atomic E-state index is 4.27. The summed E-state index contributed by atoms with van der Waals surface area (Å²) < 4.78 is 0. The molecule has 0 atom stereocenters. The SMILES string of the molecule is Cc1ccnc(SCC=CCS)n1. The van der Waals surface area contributed by atoms with E-state index in [1.807, 2.05) is 19.1 Å². The predicted octanol–water partition coefficient (Wildman–Crippen LogP) is 2.36. The van der Waals surface area contributed by atoms with Gasteiger partial charge in [-0.1, -0.05) is 23.9 Å². The van der Waals surface area contributed by atoms with Gasteiger partial charge in [0.15, 0.2) is 5.16 Å². The van der Waals surface area contributed by atoms with Crippen molar-refractivity contribution in [2.45, 2.75) is 12.1 Å². The average Bonchev–Trinajstić information content (AvgIpc) is 2.13. The van der Waals surface area contributed by atoms with Gasteiger partial charge in [0.1, 0.15) is 0 Å². The Kier molecular flexibility index (Phi) is 4.93. The molecule has 13 heavy (non-hydrogen) atoms. The topological polar surface area (TPSA) is 25.8 Å². The molecule has 0 amide bonds. The van der Waals surface area contributed by atoms with Crippen LogP contribution in [-0.4, -0.2) is 21.5 Å². The average molecular weight is 212 g/mol. The molecule has 2 nitrogen and oxygen atoms in total. The van der Waals surface area contributed by atoms with E-state index in [2.05, 4.69) is 28.7 Å². The van der Waals surface area contributed by atoms with Crippen LogP contribution >= 0.6 is 24.4 Å². The Morgan fingerprint density at radius 1 is 1.54 bits per heavy atom. The monoisotopic (exact) mass is 212 g/mol. The van der Waals surface area contributed by atoms with Gasteiger partial charge in [0.05, 0.1) is 0 Å². The molecule has 1 aromatic rings. The highest BCUT2D eigenvalue weighted by molar-refractivity contribution is 7.99. The summed E-state index contributed by atoms with van der Waals surface area (Å²) in [5.41, 5.74) is 1.01. The van der Waals surface area contributed by atoms with Crippen LogP contribution in [0.15, 0.2) is 29.6 Å². The zero-order valence-corrected chi connectivity index (χ0v) is 9.18. The van der Waals surface area contributed by atoms with E-state index >= 15 is 0 Å². The van der Waals surface area contributed by atoms with Crippen molar-refractivity contribution in [3.05, 3.63) is 30.1 Å². The van der Waals surface area contributed by atoms with E-state index in [9.17, 15) is 0 Å². The minimum absolute atomic E-state index is 0.787. The Morgan fingerprint density at radius 2 is 2.38 bits per heavy atom. The summed E-state index contributed by atoms with van der Waals surface area (Å²) >= 11 is 5.70. The summed E-state index contributed by atoms with van der Waals surface area (Å²) in [6.07, 6.45) is 5.88. The Morgan fingerprint density at radius 3 is 3.08 bits per heavy atom. The standard InChI is InChI=1S/C9H12N2S2/c1-8-4-5-10-9(11-8)13-7-3-2-6-12/h2-5,12H,6-7H2,1H3. The molecular formula is C9H12N2S2. The molecule has 0 saturated carbocycles. The number of thiol groups is 1. The molecule has 0 saturated heterocycles. The molecule has 0 unspecified atom stereocenters. The van der Waals surface area contributed by atoms with Crippen LogP contribution in [0.3, 0.4) is 0 Å². The molecular weight excluding hydrogens is 200 g/mol. The van der Waals surface area contributed by atoms with Crippen LogP contribution in [0.2, 0.25) is 0 Å². The minimum Gasteiger partial charge on any atom is -0.231 e. The van der Waals surface area contributed by atoms with Crippen molar-refractivity contribution in [3.8, 4) is 0 Å². The largest absolute Gasteiger partial charge is 0.231 e. The zero-order chi connectivity index (χ0) is 9.52. The molecule has 1 heterocycles. The van der Waals surface area contributed by atoms with Gasteiger partial charge in [-0.25, -0.2) is 9.97 Å². The first-order chi connectivity index (χ1) is 6.33. The molecule has 0 N–H and O–H groups in total. The summed E-state index contributed by atoms with van der Waals surface area (Å²) in [7, 11) is 0. The fourth-order valence-electron chi connectivity index (χ4n) is 0.761. The molecule has 1 aromatic heterocycles. The lowest BCUT2D eigenvalue weighted by Gasteiger charge is -1.96. The third kappa shape index (κ3) is 4.33. The van der Waals surface area contributed by atoms with Gasteiger partial charge < -0.3 is 0 Å². The second-order valence-electron chi connectivity index (χ2n) is 2.45. The van der Waals surface area contributed by atoms with E-state index in [0.29, 0.717) is 0 Å². The molecule has 4 heteroatoms. The normalized spacial score (nSPS) is 10.9. The van der Waals surface area contributed by atoms with Crippen LogP contribution in [0.4, 0.5) is 0 Å². The van der Waals surface area contributed by atoms with Gasteiger partial charge in [-0.15, -0.1) is 0 Å². The summed E-state index contributed by atoms with van der Waals surface area (Å²) in [4.78, 5) is 8.41. The van der Waals surface area contributed by atoms with Gasteiger partial charge in [-0.05, 0) is 13.0 Å². The van der Waals surface area contributed by atoms with E-state index < -0.39 is 0 Å². The first-order valence-electron chi connectivity index (χ1n) is 4.01. The van der Waals surface area contributed by atoms with Gasteiger partial charge in [-0.2, -0.15) is 12.6 Å². The Labute approximate surface area is 88.3 Å². The molecule has 0 fully saturated rings. The van der Waals surface area contributed by atoms with Crippen molar-refractivity contribution in [1.82, 2.24) is 9.97 Å². The van der Waals surface area contributed by atoms with Crippen LogP contribution in [0, 0.1) is 6.92 Å². The molecule has 1 rings (SSSR count). The summed E-state index contributed by atoms with van der Waals surface area (Å²) in [6.45, 7) is 1.97. The Bertz CT molecular complexity index is 287.